The predicted molar refractivity (Wildman–Crippen MR) is 100 cm³/mol. The van der Waals surface area contributed by atoms with Gasteiger partial charge in [-0.2, -0.15) is 0 Å². The molecule has 2 amide bonds. The van der Waals surface area contributed by atoms with Crippen LogP contribution in [0.2, 0.25) is 0 Å². The van der Waals surface area contributed by atoms with Crippen molar-refractivity contribution in [1.82, 2.24) is 4.90 Å². The zero-order chi connectivity index (χ0) is 18.9. The highest BCUT2D eigenvalue weighted by atomic mass is 16.4. The summed E-state index contributed by atoms with van der Waals surface area (Å²) < 4.78 is 0. The molecule has 2 rings (SSSR count). The van der Waals surface area contributed by atoms with Crippen molar-refractivity contribution in [2.45, 2.75) is 19.9 Å². The summed E-state index contributed by atoms with van der Waals surface area (Å²) in [6.45, 7) is 2.35. The summed E-state index contributed by atoms with van der Waals surface area (Å²) in [7, 11) is 0. The molecule has 0 heterocycles. The van der Waals surface area contributed by atoms with Gasteiger partial charge in [-0.05, 0) is 24.6 Å². The van der Waals surface area contributed by atoms with Crippen molar-refractivity contribution < 1.29 is 19.8 Å². The SMILES string of the molecule is Cc1ccc(N(CCC(=O)O)C(=O)N(CCO)Cc2ccccc2)cc1. The van der Waals surface area contributed by atoms with Crippen LogP contribution in [0.15, 0.2) is 54.6 Å². The quantitative estimate of drug-likeness (QED) is 0.762. The van der Waals surface area contributed by atoms with Gasteiger partial charge in [-0.15, -0.1) is 0 Å². The number of carboxylic acids is 1. The van der Waals surface area contributed by atoms with E-state index in [2.05, 4.69) is 0 Å². The van der Waals surface area contributed by atoms with Gasteiger partial charge in [0.05, 0.1) is 13.0 Å². The van der Waals surface area contributed by atoms with Gasteiger partial charge in [0.1, 0.15) is 0 Å². The van der Waals surface area contributed by atoms with E-state index >= 15 is 0 Å². The van der Waals surface area contributed by atoms with Crippen molar-refractivity contribution in [3.8, 4) is 0 Å². The van der Waals surface area contributed by atoms with Gasteiger partial charge in [0.2, 0.25) is 0 Å². The zero-order valence-corrected chi connectivity index (χ0v) is 14.8. The molecule has 0 aliphatic rings. The number of hydrogen-bond donors (Lipinski definition) is 2. The first-order valence-electron chi connectivity index (χ1n) is 8.51. The van der Waals surface area contributed by atoms with Gasteiger partial charge < -0.3 is 15.1 Å². The number of hydrogen-bond acceptors (Lipinski definition) is 3. The van der Waals surface area contributed by atoms with Gasteiger partial charge in [0, 0.05) is 25.3 Å². The average Bonchev–Trinajstić information content (AvgIpc) is 2.63. The Labute approximate surface area is 153 Å². The van der Waals surface area contributed by atoms with Crippen molar-refractivity contribution in [1.29, 1.82) is 0 Å². The van der Waals surface area contributed by atoms with Crippen LogP contribution in [0.4, 0.5) is 10.5 Å². The third-order valence-corrected chi connectivity index (χ3v) is 3.98. The normalized spacial score (nSPS) is 10.4. The second-order valence-electron chi connectivity index (χ2n) is 6.04. The summed E-state index contributed by atoms with van der Waals surface area (Å²) in [5.74, 6) is -0.966. The number of carboxylic acid groups (broad SMARTS) is 1. The lowest BCUT2D eigenvalue weighted by atomic mass is 10.2. The number of aliphatic hydroxyl groups is 1. The number of carbonyl (C=O) groups excluding carboxylic acids is 1. The summed E-state index contributed by atoms with van der Waals surface area (Å²) in [6.07, 6.45) is -0.155. The van der Waals surface area contributed by atoms with Crippen LogP contribution in [0.1, 0.15) is 17.5 Å². The number of anilines is 1. The molecule has 0 atom stereocenters. The third-order valence-electron chi connectivity index (χ3n) is 3.98. The van der Waals surface area contributed by atoms with Crippen molar-refractivity contribution in [2.75, 3.05) is 24.6 Å². The Hall–Kier alpha value is -2.86. The lowest BCUT2D eigenvalue weighted by Gasteiger charge is -2.30. The van der Waals surface area contributed by atoms with Crippen LogP contribution >= 0.6 is 0 Å². The smallest absolute Gasteiger partial charge is 0.324 e. The molecule has 0 aliphatic carbocycles. The fourth-order valence-corrected chi connectivity index (χ4v) is 2.60. The molecule has 0 aliphatic heterocycles. The number of aliphatic hydroxyl groups excluding tert-OH is 1. The predicted octanol–water partition coefficient (Wildman–Crippen LogP) is 2.89. The molecular weight excluding hydrogens is 332 g/mol. The van der Waals surface area contributed by atoms with Gasteiger partial charge in [0.25, 0.3) is 0 Å². The van der Waals surface area contributed by atoms with Crippen molar-refractivity contribution in [3.05, 3.63) is 65.7 Å². The van der Waals surface area contributed by atoms with E-state index < -0.39 is 5.97 Å². The van der Waals surface area contributed by atoms with E-state index in [9.17, 15) is 14.7 Å². The van der Waals surface area contributed by atoms with Gasteiger partial charge in [-0.3, -0.25) is 9.69 Å². The topological polar surface area (TPSA) is 81.1 Å². The van der Waals surface area contributed by atoms with E-state index in [1.165, 1.54) is 9.80 Å². The molecule has 0 spiro atoms. The highest BCUT2D eigenvalue weighted by molar-refractivity contribution is 5.92. The van der Waals surface area contributed by atoms with Crippen LogP contribution in [0.25, 0.3) is 0 Å². The molecule has 0 radical (unpaired) electrons. The molecule has 26 heavy (non-hydrogen) atoms. The second-order valence-corrected chi connectivity index (χ2v) is 6.04. The summed E-state index contributed by atoms with van der Waals surface area (Å²) in [5.41, 5.74) is 2.63. The van der Waals surface area contributed by atoms with E-state index in [-0.39, 0.29) is 32.1 Å². The highest BCUT2D eigenvalue weighted by Crippen LogP contribution is 2.19. The molecule has 0 fully saturated rings. The number of aliphatic carboxylic acids is 1. The number of benzene rings is 2. The molecule has 0 unspecified atom stereocenters. The van der Waals surface area contributed by atoms with Crippen LogP contribution < -0.4 is 4.90 Å². The minimum Gasteiger partial charge on any atom is -0.481 e. The molecule has 6 heteroatoms. The number of nitrogens with zero attached hydrogens (tertiary/aromatic N) is 2. The van der Waals surface area contributed by atoms with Gasteiger partial charge in [0.15, 0.2) is 0 Å². The fourth-order valence-electron chi connectivity index (χ4n) is 2.60. The Bertz CT molecular complexity index is 716. The summed E-state index contributed by atoms with van der Waals surface area (Å²) in [5, 5.41) is 18.4. The lowest BCUT2D eigenvalue weighted by molar-refractivity contribution is -0.136. The van der Waals surface area contributed by atoms with Crippen LogP contribution in [0, 0.1) is 6.92 Å². The van der Waals surface area contributed by atoms with Crippen LogP contribution in [-0.4, -0.2) is 46.8 Å². The molecule has 138 valence electrons. The molecule has 0 aromatic heterocycles. The first-order valence-corrected chi connectivity index (χ1v) is 8.51. The van der Waals surface area contributed by atoms with Gasteiger partial charge >= 0.3 is 12.0 Å². The van der Waals surface area contributed by atoms with Crippen molar-refractivity contribution in [3.63, 3.8) is 0 Å². The van der Waals surface area contributed by atoms with E-state index in [4.69, 9.17) is 5.11 Å². The first kappa shape index (κ1) is 19.5. The number of aryl methyl sites for hydroxylation is 1. The highest BCUT2D eigenvalue weighted by Gasteiger charge is 2.23. The van der Waals surface area contributed by atoms with Crippen molar-refractivity contribution in [2.24, 2.45) is 0 Å². The maximum atomic E-state index is 13.1. The standard InChI is InChI=1S/C20H24N2O4/c1-16-7-9-18(10-8-16)22(12-11-19(24)25)20(26)21(13-14-23)15-17-5-3-2-4-6-17/h2-10,23H,11-15H2,1H3,(H,24,25). The average molecular weight is 356 g/mol. The Morgan fingerprint density at radius 2 is 1.62 bits per heavy atom. The Balaban J connectivity index is 2.25. The largest absolute Gasteiger partial charge is 0.481 e. The molecule has 0 saturated heterocycles. The molecule has 0 bridgehead atoms. The minimum atomic E-state index is -0.966. The van der Waals surface area contributed by atoms with Crippen LogP contribution in [0.3, 0.4) is 0 Å². The third kappa shape index (κ3) is 5.60. The monoisotopic (exact) mass is 356 g/mol. The van der Waals surface area contributed by atoms with Gasteiger partial charge in [-0.1, -0.05) is 48.0 Å². The molecular formula is C20H24N2O4. The molecule has 6 nitrogen and oxygen atoms in total. The maximum absolute atomic E-state index is 13.1. The fraction of sp³-hybridized carbons (Fsp3) is 0.300. The number of urea groups is 1. The molecule has 2 aromatic carbocycles. The molecule has 2 N–H and O–H groups in total. The Morgan fingerprint density at radius 3 is 2.19 bits per heavy atom. The van der Waals surface area contributed by atoms with E-state index in [1.54, 1.807) is 12.1 Å². The Kier molecular flexibility index (Phi) is 7.17. The van der Waals surface area contributed by atoms with Crippen LogP contribution in [-0.2, 0) is 11.3 Å². The summed E-state index contributed by atoms with van der Waals surface area (Å²) >= 11 is 0. The van der Waals surface area contributed by atoms with Crippen molar-refractivity contribution >= 4 is 17.7 Å². The minimum absolute atomic E-state index is 0.0634. The summed E-state index contributed by atoms with van der Waals surface area (Å²) in [4.78, 5) is 27.1. The van der Waals surface area contributed by atoms with Crippen LogP contribution in [0.5, 0.6) is 0 Å². The second kappa shape index (κ2) is 9.58. The Morgan fingerprint density at radius 1 is 0.962 bits per heavy atom. The van der Waals surface area contributed by atoms with E-state index in [0.29, 0.717) is 12.2 Å². The molecule has 2 aromatic rings. The lowest BCUT2D eigenvalue weighted by Crippen LogP contribution is -2.45. The summed E-state index contributed by atoms with van der Waals surface area (Å²) in [6, 6.07) is 16.5. The van der Waals surface area contributed by atoms with E-state index in [0.717, 1.165) is 11.1 Å². The number of rotatable bonds is 8. The number of carbonyl (C=O) groups is 2. The molecule has 0 saturated carbocycles. The van der Waals surface area contributed by atoms with E-state index in [1.807, 2.05) is 49.4 Å². The maximum Gasteiger partial charge on any atom is 0.324 e. The number of amides is 2. The van der Waals surface area contributed by atoms with Gasteiger partial charge in [-0.25, -0.2) is 4.79 Å². The zero-order valence-electron chi connectivity index (χ0n) is 14.8. The first-order chi connectivity index (χ1) is 12.5.